The maximum atomic E-state index is 10.6. The molecule has 0 aliphatic carbocycles. The largest absolute Gasteiger partial charge is 0.547 e. The van der Waals surface area contributed by atoms with Gasteiger partial charge in [0.15, 0.2) is 12.2 Å². The lowest BCUT2D eigenvalue weighted by Gasteiger charge is -2.20. The van der Waals surface area contributed by atoms with Crippen molar-refractivity contribution in [1.29, 1.82) is 0 Å². The number of hydrogen-bond acceptors (Lipinski definition) is 7. The van der Waals surface area contributed by atoms with Crippen LogP contribution in [-0.2, 0) is 14.3 Å². The van der Waals surface area contributed by atoms with Crippen LogP contribution in [0.1, 0.15) is 0 Å². The van der Waals surface area contributed by atoms with Crippen molar-refractivity contribution in [3.05, 3.63) is 0 Å². The van der Waals surface area contributed by atoms with Crippen molar-refractivity contribution in [2.75, 3.05) is 0 Å². The first-order valence-corrected chi connectivity index (χ1v) is 3.40. The number of aliphatic hydroxyl groups is 3. The van der Waals surface area contributed by atoms with Crippen molar-refractivity contribution in [2.24, 2.45) is 0 Å². The van der Waals surface area contributed by atoms with Crippen molar-refractivity contribution in [3.63, 3.8) is 0 Å². The van der Waals surface area contributed by atoms with Crippen molar-refractivity contribution in [2.45, 2.75) is 24.4 Å². The van der Waals surface area contributed by atoms with Crippen molar-refractivity contribution in [3.8, 4) is 0 Å². The van der Waals surface area contributed by atoms with E-state index in [9.17, 15) is 14.7 Å². The van der Waals surface area contributed by atoms with E-state index < -0.39 is 36.4 Å². The Morgan fingerprint density at radius 3 is 2.38 bits per heavy atom. The van der Waals surface area contributed by atoms with Crippen LogP contribution in [0.4, 0.5) is 0 Å². The summed E-state index contributed by atoms with van der Waals surface area (Å²) < 4.78 is 4.20. The van der Waals surface area contributed by atoms with Gasteiger partial charge >= 0.3 is 5.97 Å². The summed E-state index contributed by atoms with van der Waals surface area (Å²) in [6, 6.07) is 0. The number of rotatable bonds is 2. The molecule has 0 bridgehead atoms. The molecule has 0 saturated carbocycles. The molecule has 0 aromatic rings. The van der Waals surface area contributed by atoms with E-state index in [1.54, 1.807) is 0 Å². The second-order valence-corrected chi connectivity index (χ2v) is 2.60. The predicted molar refractivity (Wildman–Crippen MR) is 32.9 cm³/mol. The van der Waals surface area contributed by atoms with Gasteiger partial charge in [0.1, 0.15) is 12.2 Å². The maximum Gasteiger partial charge on any atom is 0.338 e. The summed E-state index contributed by atoms with van der Waals surface area (Å²) in [6.45, 7) is 0. The van der Waals surface area contributed by atoms with Gasteiger partial charge < -0.3 is 30.0 Å². The van der Waals surface area contributed by atoms with E-state index in [4.69, 9.17) is 15.3 Å². The van der Waals surface area contributed by atoms with Gasteiger partial charge in [0, 0.05) is 0 Å². The summed E-state index contributed by atoms with van der Waals surface area (Å²) >= 11 is 0. The van der Waals surface area contributed by atoms with Crippen LogP contribution in [-0.4, -0.2) is 51.7 Å². The van der Waals surface area contributed by atoms with Crippen LogP contribution in [0, 0.1) is 0 Å². The Morgan fingerprint density at radius 1 is 1.54 bits per heavy atom. The SMILES string of the molecule is O=C([O-])[C@@H](O)[C@@H]1OC(=O)[C@H](O)[C@H]1O. The molecule has 0 spiro atoms. The summed E-state index contributed by atoms with van der Waals surface area (Å²) in [4.78, 5) is 20.7. The first-order valence-electron chi connectivity index (χ1n) is 3.40. The van der Waals surface area contributed by atoms with Gasteiger partial charge in [-0.25, -0.2) is 4.79 Å². The zero-order valence-corrected chi connectivity index (χ0v) is 6.28. The lowest BCUT2D eigenvalue weighted by molar-refractivity contribution is -0.319. The fourth-order valence-electron chi connectivity index (χ4n) is 0.978. The molecule has 0 radical (unpaired) electrons. The quantitative estimate of drug-likeness (QED) is 0.377. The number of carbonyl (C=O) groups excluding carboxylic acids is 2. The van der Waals surface area contributed by atoms with Crippen LogP contribution < -0.4 is 5.11 Å². The summed E-state index contributed by atoms with van der Waals surface area (Å²) in [5.41, 5.74) is 0. The van der Waals surface area contributed by atoms with Crippen LogP contribution in [0.3, 0.4) is 0 Å². The van der Waals surface area contributed by atoms with Crippen molar-refractivity contribution in [1.82, 2.24) is 0 Å². The molecule has 1 aliphatic heterocycles. The molecule has 1 heterocycles. The molecule has 13 heavy (non-hydrogen) atoms. The Balaban J connectivity index is 2.73. The van der Waals surface area contributed by atoms with Gasteiger partial charge in [-0.15, -0.1) is 0 Å². The normalized spacial score (nSPS) is 35.6. The predicted octanol–water partition coefficient (Wildman–Crippen LogP) is -4.26. The minimum Gasteiger partial charge on any atom is -0.547 e. The zero-order chi connectivity index (χ0) is 10.2. The Kier molecular flexibility index (Phi) is 2.50. The monoisotopic (exact) mass is 191 g/mol. The molecule has 7 heteroatoms. The molecule has 0 unspecified atom stereocenters. The average Bonchev–Trinajstić information content (AvgIpc) is 2.31. The van der Waals surface area contributed by atoms with Crippen molar-refractivity contribution >= 4 is 11.9 Å². The van der Waals surface area contributed by atoms with E-state index in [-0.39, 0.29) is 0 Å². The summed E-state index contributed by atoms with van der Waals surface area (Å²) in [6.07, 6.45) is -7.39. The fourth-order valence-corrected chi connectivity index (χ4v) is 0.978. The van der Waals surface area contributed by atoms with Crippen LogP contribution in [0.25, 0.3) is 0 Å². The highest BCUT2D eigenvalue weighted by Crippen LogP contribution is 2.18. The van der Waals surface area contributed by atoms with Crippen molar-refractivity contribution < 1.29 is 34.8 Å². The highest BCUT2D eigenvalue weighted by atomic mass is 16.6. The minimum absolute atomic E-state index is 1.17. The number of ether oxygens (including phenoxy) is 1. The number of carbonyl (C=O) groups is 2. The van der Waals surface area contributed by atoms with Crippen LogP contribution >= 0.6 is 0 Å². The van der Waals surface area contributed by atoms with E-state index in [0.717, 1.165) is 0 Å². The molecular weight excluding hydrogens is 184 g/mol. The number of carboxylic acid groups (broad SMARTS) is 1. The standard InChI is InChI=1S/C6H8O7/c7-1-2(8)6(12)13-4(1)3(9)5(10)11/h1-4,7-9H,(H,10,11)/p-1/t1-,2-,3+,4-/m1/s1. The van der Waals surface area contributed by atoms with Gasteiger partial charge in [0.05, 0.1) is 5.97 Å². The molecule has 1 fully saturated rings. The lowest BCUT2D eigenvalue weighted by Crippen LogP contribution is -2.48. The van der Waals surface area contributed by atoms with Gasteiger partial charge in [-0.05, 0) is 0 Å². The Labute approximate surface area is 72.2 Å². The highest BCUT2D eigenvalue weighted by Gasteiger charge is 2.46. The third-order valence-corrected chi connectivity index (χ3v) is 1.71. The van der Waals surface area contributed by atoms with Gasteiger partial charge in [-0.3, -0.25) is 0 Å². The number of aliphatic carboxylic acids is 1. The Hall–Kier alpha value is -1.18. The molecule has 1 rings (SSSR count). The third-order valence-electron chi connectivity index (χ3n) is 1.71. The molecule has 4 atom stereocenters. The van der Waals surface area contributed by atoms with Gasteiger partial charge in [0.2, 0.25) is 0 Å². The molecule has 0 amide bonds. The van der Waals surface area contributed by atoms with Crippen LogP contribution in [0.2, 0.25) is 0 Å². The molecule has 1 saturated heterocycles. The summed E-state index contributed by atoms with van der Waals surface area (Å²) in [7, 11) is 0. The summed E-state index contributed by atoms with van der Waals surface area (Å²) in [5.74, 6) is -3.05. The zero-order valence-electron chi connectivity index (χ0n) is 6.28. The third kappa shape index (κ3) is 1.62. The maximum absolute atomic E-state index is 10.6. The van der Waals surface area contributed by atoms with E-state index in [1.165, 1.54) is 0 Å². The highest BCUT2D eigenvalue weighted by molar-refractivity contribution is 5.80. The van der Waals surface area contributed by atoms with Gasteiger partial charge in [-0.1, -0.05) is 0 Å². The van der Waals surface area contributed by atoms with E-state index >= 15 is 0 Å². The number of cyclic esters (lactones) is 1. The Bertz CT molecular complexity index is 237. The van der Waals surface area contributed by atoms with Gasteiger partial charge in [0.25, 0.3) is 0 Å². The number of esters is 1. The number of aliphatic hydroxyl groups excluding tert-OH is 3. The number of carboxylic acids is 1. The first kappa shape index (κ1) is 9.90. The smallest absolute Gasteiger partial charge is 0.338 e. The molecule has 1 aliphatic rings. The minimum atomic E-state index is -2.14. The van der Waals surface area contributed by atoms with E-state index in [2.05, 4.69) is 4.74 Å². The lowest BCUT2D eigenvalue weighted by atomic mass is 10.1. The number of hydrogen-bond donors (Lipinski definition) is 3. The second kappa shape index (κ2) is 3.29. The van der Waals surface area contributed by atoms with E-state index in [0.29, 0.717) is 0 Å². The topological polar surface area (TPSA) is 127 Å². The molecule has 74 valence electrons. The van der Waals surface area contributed by atoms with Gasteiger partial charge in [-0.2, -0.15) is 0 Å². The molecule has 3 N–H and O–H groups in total. The fraction of sp³-hybridized carbons (Fsp3) is 0.667. The first-order chi connectivity index (χ1) is 5.95. The second-order valence-electron chi connectivity index (χ2n) is 2.60. The molecule has 7 nitrogen and oxygen atoms in total. The molecule has 0 aromatic carbocycles. The average molecular weight is 191 g/mol. The van der Waals surface area contributed by atoms with E-state index in [1.807, 2.05) is 0 Å². The summed E-state index contributed by atoms with van der Waals surface area (Å²) in [5, 5.41) is 36.7. The van der Waals surface area contributed by atoms with Crippen LogP contribution in [0.5, 0.6) is 0 Å². The Morgan fingerprint density at radius 2 is 2.08 bits per heavy atom. The van der Waals surface area contributed by atoms with Crippen LogP contribution in [0.15, 0.2) is 0 Å². The molecular formula is C6H7O7-. The molecule has 0 aromatic heterocycles.